The molecular formula is C19H21N3O3. The van der Waals surface area contributed by atoms with Crippen molar-refractivity contribution in [1.29, 1.82) is 0 Å². The molecular weight excluding hydrogens is 318 g/mol. The van der Waals surface area contributed by atoms with Crippen LogP contribution in [0.2, 0.25) is 0 Å². The molecule has 2 rings (SSSR count). The van der Waals surface area contributed by atoms with Crippen LogP contribution in [-0.4, -0.2) is 26.1 Å². The van der Waals surface area contributed by atoms with Crippen molar-refractivity contribution in [3.8, 4) is 5.75 Å². The summed E-state index contributed by atoms with van der Waals surface area (Å²) in [6, 6.07) is 14.1. The first-order valence-corrected chi connectivity index (χ1v) is 7.75. The fourth-order valence-electron chi connectivity index (χ4n) is 2.29. The number of benzene rings is 2. The van der Waals surface area contributed by atoms with Gasteiger partial charge in [-0.15, -0.1) is 0 Å². The number of carbonyl (C=O) groups excluding carboxylic acids is 2. The summed E-state index contributed by atoms with van der Waals surface area (Å²) in [5, 5.41) is 7.91. The monoisotopic (exact) mass is 339 g/mol. The van der Waals surface area contributed by atoms with Crippen molar-refractivity contribution in [2.45, 2.75) is 6.92 Å². The summed E-state index contributed by atoms with van der Waals surface area (Å²) in [5.74, 6) is 0.446. The molecule has 2 aromatic carbocycles. The summed E-state index contributed by atoms with van der Waals surface area (Å²) in [6.45, 7) is 1.85. The quantitative estimate of drug-likeness (QED) is 0.730. The lowest BCUT2D eigenvalue weighted by Gasteiger charge is -2.09. The van der Waals surface area contributed by atoms with Crippen LogP contribution >= 0.6 is 0 Å². The second-order valence-electron chi connectivity index (χ2n) is 5.30. The lowest BCUT2D eigenvalue weighted by molar-refractivity contribution is -0.111. The maximum Gasteiger partial charge on any atom is 0.318 e. The van der Waals surface area contributed by atoms with Crippen molar-refractivity contribution in [3.63, 3.8) is 0 Å². The molecule has 25 heavy (non-hydrogen) atoms. The second-order valence-corrected chi connectivity index (χ2v) is 5.30. The Kier molecular flexibility index (Phi) is 6.17. The van der Waals surface area contributed by atoms with Gasteiger partial charge in [0.25, 0.3) is 0 Å². The maximum absolute atomic E-state index is 12.3. The molecule has 3 amide bonds. The standard InChI is InChI=1S/C19H21N3O3/c1-13(16-9-4-5-10-17(16)25-3)11-18(23)21-14-7-6-8-15(12-14)22-19(24)20-2/h4-12H,1-3H3,(H,21,23)(H2,20,22,24)/b13-11+. The van der Waals surface area contributed by atoms with Crippen LogP contribution in [0.3, 0.4) is 0 Å². The van der Waals surface area contributed by atoms with E-state index in [2.05, 4.69) is 16.0 Å². The Bertz CT molecular complexity index is 800. The SMILES string of the molecule is CNC(=O)Nc1cccc(NC(=O)/C=C(\C)c2ccccc2OC)c1. The van der Waals surface area contributed by atoms with Crippen LogP contribution in [0.25, 0.3) is 5.57 Å². The number of methoxy groups -OCH3 is 1. The van der Waals surface area contributed by atoms with Crippen molar-refractivity contribution in [2.24, 2.45) is 0 Å². The van der Waals surface area contributed by atoms with Gasteiger partial charge in [-0.2, -0.15) is 0 Å². The first-order valence-electron chi connectivity index (χ1n) is 7.75. The molecule has 0 atom stereocenters. The van der Waals surface area contributed by atoms with E-state index in [4.69, 9.17) is 4.74 Å². The Morgan fingerprint density at radius 3 is 2.36 bits per heavy atom. The molecule has 0 aromatic heterocycles. The number of amides is 3. The van der Waals surface area contributed by atoms with Crippen molar-refractivity contribution in [1.82, 2.24) is 5.32 Å². The van der Waals surface area contributed by atoms with E-state index in [1.807, 2.05) is 31.2 Å². The van der Waals surface area contributed by atoms with Gasteiger partial charge in [-0.25, -0.2) is 4.79 Å². The lowest BCUT2D eigenvalue weighted by Crippen LogP contribution is -2.24. The van der Waals surface area contributed by atoms with Crippen molar-refractivity contribution in [3.05, 3.63) is 60.2 Å². The number of hydrogen-bond acceptors (Lipinski definition) is 3. The van der Waals surface area contributed by atoms with E-state index in [-0.39, 0.29) is 11.9 Å². The predicted octanol–water partition coefficient (Wildman–Crippen LogP) is 3.49. The first-order chi connectivity index (χ1) is 12.0. The highest BCUT2D eigenvalue weighted by molar-refractivity contribution is 6.04. The molecule has 6 nitrogen and oxygen atoms in total. The predicted molar refractivity (Wildman–Crippen MR) is 99.8 cm³/mol. The summed E-state index contributed by atoms with van der Waals surface area (Å²) in [5.41, 5.74) is 2.82. The lowest BCUT2D eigenvalue weighted by atomic mass is 10.1. The number of nitrogens with one attached hydrogen (secondary N) is 3. The molecule has 0 unspecified atom stereocenters. The number of allylic oxidation sites excluding steroid dienone is 1. The van der Waals surface area contributed by atoms with E-state index in [9.17, 15) is 9.59 Å². The summed E-state index contributed by atoms with van der Waals surface area (Å²) < 4.78 is 5.31. The van der Waals surface area contributed by atoms with E-state index in [0.717, 1.165) is 11.1 Å². The Hall–Kier alpha value is -3.28. The molecule has 0 heterocycles. The zero-order valence-electron chi connectivity index (χ0n) is 14.4. The van der Waals surface area contributed by atoms with Crippen LogP contribution in [0.4, 0.5) is 16.2 Å². The Labute approximate surface area is 146 Å². The fourth-order valence-corrected chi connectivity index (χ4v) is 2.29. The first kappa shape index (κ1) is 18.1. The van der Waals surface area contributed by atoms with Crippen LogP contribution in [0.5, 0.6) is 5.75 Å². The number of carbonyl (C=O) groups is 2. The van der Waals surface area contributed by atoms with Gasteiger partial charge < -0.3 is 20.7 Å². The smallest absolute Gasteiger partial charge is 0.318 e. The highest BCUT2D eigenvalue weighted by Gasteiger charge is 2.07. The highest BCUT2D eigenvalue weighted by Crippen LogP contribution is 2.25. The minimum absolute atomic E-state index is 0.263. The second kappa shape index (κ2) is 8.54. The van der Waals surface area contributed by atoms with E-state index >= 15 is 0 Å². The van der Waals surface area contributed by atoms with Crippen LogP contribution in [0.15, 0.2) is 54.6 Å². The van der Waals surface area contributed by atoms with Crippen LogP contribution in [-0.2, 0) is 4.79 Å². The molecule has 0 spiro atoms. The highest BCUT2D eigenvalue weighted by atomic mass is 16.5. The van der Waals surface area contributed by atoms with Gasteiger partial charge in [0.15, 0.2) is 0 Å². The number of urea groups is 1. The molecule has 2 aromatic rings. The average molecular weight is 339 g/mol. The van der Waals surface area contributed by atoms with Crippen molar-refractivity contribution < 1.29 is 14.3 Å². The number of para-hydroxylation sites is 1. The summed E-state index contributed by atoms with van der Waals surface area (Å²) in [6.07, 6.45) is 1.51. The van der Waals surface area contributed by atoms with Crippen LogP contribution < -0.4 is 20.7 Å². The summed E-state index contributed by atoms with van der Waals surface area (Å²) >= 11 is 0. The minimum atomic E-state index is -0.324. The summed E-state index contributed by atoms with van der Waals surface area (Å²) in [4.78, 5) is 23.6. The average Bonchev–Trinajstić information content (AvgIpc) is 2.61. The van der Waals surface area contributed by atoms with Gasteiger partial charge in [0.2, 0.25) is 5.91 Å². The molecule has 130 valence electrons. The van der Waals surface area contributed by atoms with E-state index in [0.29, 0.717) is 17.1 Å². The van der Waals surface area contributed by atoms with E-state index in [1.165, 1.54) is 13.1 Å². The molecule has 0 aliphatic heterocycles. The molecule has 0 fully saturated rings. The molecule has 0 saturated heterocycles. The number of ether oxygens (including phenoxy) is 1. The Morgan fingerprint density at radius 1 is 1.00 bits per heavy atom. The van der Waals surface area contributed by atoms with Crippen molar-refractivity contribution >= 4 is 28.9 Å². The third-order valence-corrected chi connectivity index (χ3v) is 3.49. The molecule has 0 aliphatic rings. The van der Waals surface area contributed by atoms with Gasteiger partial charge >= 0.3 is 6.03 Å². The summed E-state index contributed by atoms with van der Waals surface area (Å²) in [7, 11) is 3.13. The third kappa shape index (κ3) is 5.10. The Balaban J connectivity index is 2.11. The van der Waals surface area contributed by atoms with E-state index < -0.39 is 0 Å². The molecule has 6 heteroatoms. The van der Waals surface area contributed by atoms with Gasteiger partial charge in [0.05, 0.1) is 7.11 Å². The largest absolute Gasteiger partial charge is 0.496 e. The minimum Gasteiger partial charge on any atom is -0.496 e. The van der Waals surface area contributed by atoms with Gasteiger partial charge in [0.1, 0.15) is 5.75 Å². The molecule has 0 aliphatic carbocycles. The van der Waals surface area contributed by atoms with Crippen molar-refractivity contribution in [2.75, 3.05) is 24.8 Å². The molecule has 3 N–H and O–H groups in total. The maximum atomic E-state index is 12.3. The van der Waals surface area contributed by atoms with E-state index in [1.54, 1.807) is 31.4 Å². The number of anilines is 2. The van der Waals surface area contributed by atoms with Gasteiger partial charge in [-0.3, -0.25) is 4.79 Å². The Morgan fingerprint density at radius 2 is 1.68 bits per heavy atom. The zero-order valence-corrected chi connectivity index (χ0v) is 14.4. The molecule has 0 radical (unpaired) electrons. The van der Waals surface area contributed by atoms with Crippen LogP contribution in [0.1, 0.15) is 12.5 Å². The number of hydrogen-bond donors (Lipinski definition) is 3. The molecule has 0 saturated carbocycles. The topological polar surface area (TPSA) is 79.5 Å². The fraction of sp³-hybridized carbons (Fsp3) is 0.158. The third-order valence-electron chi connectivity index (χ3n) is 3.49. The van der Waals surface area contributed by atoms with Gasteiger partial charge in [-0.1, -0.05) is 24.3 Å². The molecule has 0 bridgehead atoms. The zero-order chi connectivity index (χ0) is 18.2. The van der Waals surface area contributed by atoms with Gasteiger partial charge in [0, 0.05) is 30.1 Å². The van der Waals surface area contributed by atoms with Crippen LogP contribution in [0, 0.1) is 0 Å². The van der Waals surface area contributed by atoms with Gasteiger partial charge in [-0.05, 0) is 36.8 Å². The normalized spacial score (nSPS) is 10.8. The number of rotatable bonds is 5.